The van der Waals surface area contributed by atoms with E-state index in [0.29, 0.717) is 12.1 Å². The van der Waals surface area contributed by atoms with Crippen LogP contribution in [0.5, 0.6) is 11.5 Å². The van der Waals surface area contributed by atoms with Crippen molar-refractivity contribution in [2.75, 3.05) is 20.8 Å². The number of hydrogen-bond donors (Lipinski definition) is 0. The van der Waals surface area contributed by atoms with Crippen molar-refractivity contribution in [3.05, 3.63) is 95.3 Å². The number of ketones is 1. The molecule has 0 aromatic heterocycles. The van der Waals surface area contributed by atoms with Crippen molar-refractivity contribution in [1.29, 1.82) is 0 Å². The Morgan fingerprint density at radius 1 is 0.903 bits per heavy atom. The van der Waals surface area contributed by atoms with Crippen molar-refractivity contribution in [2.45, 2.75) is 19.0 Å². The van der Waals surface area contributed by atoms with Crippen molar-refractivity contribution < 1.29 is 18.7 Å². The molecule has 3 aromatic rings. The van der Waals surface area contributed by atoms with Gasteiger partial charge in [0.05, 0.1) is 14.2 Å². The molecule has 0 spiro atoms. The summed E-state index contributed by atoms with van der Waals surface area (Å²) in [5.74, 6) is 1.17. The van der Waals surface area contributed by atoms with E-state index in [-0.39, 0.29) is 23.6 Å². The van der Waals surface area contributed by atoms with Crippen LogP contribution in [0.1, 0.15) is 33.9 Å². The average molecular weight is 419 g/mol. The fourth-order valence-electron chi connectivity index (χ4n) is 4.35. The number of rotatable bonds is 7. The van der Waals surface area contributed by atoms with Crippen molar-refractivity contribution in [3.8, 4) is 11.5 Å². The summed E-state index contributed by atoms with van der Waals surface area (Å²) in [4.78, 5) is 15.7. The van der Waals surface area contributed by atoms with Gasteiger partial charge in [0, 0.05) is 24.1 Å². The molecule has 1 aliphatic heterocycles. The number of methoxy groups -OCH3 is 2. The summed E-state index contributed by atoms with van der Waals surface area (Å²) in [7, 11) is 3.25. The van der Waals surface area contributed by atoms with Gasteiger partial charge in [-0.2, -0.15) is 0 Å². The zero-order valence-electron chi connectivity index (χ0n) is 17.8. The summed E-state index contributed by atoms with van der Waals surface area (Å²) in [6.45, 7) is 1.50. The Kier molecular flexibility index (Phi) is 6.33. The molecular formula is C26H26FNO3. The van der Waals surface area contributed by atoms with E-state index in [2.05, 4.69) is 4.90 Å². The maximum Gasteiger partial charge on any atom is 0.167 e. The molecule has 1 fully saturated rings. The Labute approximate surface area is 182 Å². The number of carbonyl (C=O) groups is 1. The first-order valence-electron chi connectivity index (χ1n) is 10.4. The molecule has 5 heteroatoms. The van der Waals surface area contributed by atoms with Crippen LogP contribution in [0.4, 0.5) is 4.39 Å². The van der Waals surface area contributed by atoms with Gasteiger partial charge in [-0.1, -0.05) is 24.3 Å². The molecule has 160 valence electrons. The van der Waals surface area contributed by atoms with Crippen LogP contribution in [-0.4, -0.2) is 31.4 Å². The number of likely N-dealkylation sites (tertiary alicyclic amines) is 1. The third kappa shape index (κ3) is 4.62. The average Bonchev–Trinajstić information content (AvgIpc) is 3.23. The lowest BCUT2D eigenvalue weighted by Gasteiger charge is -2.28. The van der Waals surface area contributed by atoms with Crippen LogP contribution in [0.3, 0.4) is 0 Å². The van der Waals surface area contributed by atoms with E-state index < -0.39 is 0 Å². The van der Waals surface area contributed by atoms with Crippen LogP contribution in [0.2, 0.25) is 0 Å². The smallest absolute Gasteiger partial charge is 0.167 e. The third-order valence-electron chi connectivity index (χ3n) is 5.97. The summed E-state index contributed by atoms with van der Waals surface area (Å²) < 4.78 is 24.0. The Bertz CT molecular complexity index is 1020. The van der Waals surface area contributed by atoms with Crippen LogP contribution in [0, 0.1) is 11.7 Å². The highest BCUT2D eigenvalue weighted by atomic mass is 19.1. The van der Waals surface area contributed by atoms with E-state index in [1.165, 1.54) is 12.1 Å². The van der Waals surface area contributed by atoms with Crippen LogP contribution >= 0.6 is 0 Å². The van der Waals surface area contributed by atoms with Crippen molar-refractivity contribution in [2.24, 2.45) is 5.92 Å². The molecule has 0 N–H and O–H groups in total. The summed E-state index contributed by atoms with van der Waals surface area (Å²) in [5.41, 5.74) is 2.77. The Morgan fingerprint density at radius 2 is 1.48 bits per heavy atom. The lowest BCUT2D eigenvalue weighted by Crippen LogP contribution is -2.28. The topological polar surface area (TPSA) is 38.8 Å². The van der Waals surface area contributed by atoms with Crippen LogP contribution in [-0.2, 0) is 6.54 Å². The summed E-state index contributed by atoms with van der Waals surface area (Å²) >= 11 is 0. The van der Waals surface area contributed by atoms with Gasteiger partial charge < -0.3 is 9.47 Å². The van der Waals surface area contributed by atoms with Crippen molar-refractivity contribution in [3.63, 3.8) is 0 Å². The molecule has 2 atom stereocenters. The molecule has 4 rings (SSSR count). The first kappa shape index (κ1) is 21.1. The van der Waals surface area contributed by atoms with Gasteiger partial charge in [0.2, 0.25) is 0 Å². The zero-order valence-corrected chi connectivity index (χ0v) is 17.8. The van der Waals surface area contributed by atoms with Crippen molar-refractivity contribution >= 4 is 5.78 Å². The second-order valence-electron chi connectivity index (χ2n) is 7.80. The Balaban J connectivity index is 1.62. The maximum atomic E-state index is 13.6. The molecule has 0 saturated carbocycles. The molecule has 4 nitrogen and oxygen atoms in total. The minimum absolute atomic E-state index is 0.106. The predicted molar refractivity (Wildman–Crippen MR) is 118 cm³/mol. The quantitative estimate of drug-likeness (QED) is 0.488. The molecule has 0 aliphatic carbocycles. The number of benzene rings is 3. The minimum Gasteiger partial charge on any atom is -0.497 e. The molecule has 0 unspecified atom stereocenters. The van der Waals surface area contributed by atoms with Gasteiger partial charge in [0.25, 0.3) is 0 Å². The second-order valence-corrected chi connectivity index (χ2v) is 7.80. The van der Waals surface area contributed by atoms with Crippen LogP contribution in [0.15, 0.2) is 72.8 Å². The highest BCUT2D eigenvalue weighted by Crippen LogP contribution is 2.40. The van der Waals surface area contributed by atoms with E-state index >= 15 is 0 Å². The summed E-state index contributed by atoms with van der Waals surface area (Å²) in [6.07, 6.45) is 0.753. The van der Waals surface area contributed by atoms with Gasteiger partial charge in [0.15, 0.2) is 5.78 Å². The number of Topliss-reactive ketones (excluding diaryl/α,β-unsaturated/α-hetero) is 1. The minimum atomic E-state index is -0.276. The molecule has 3 aromatic carbocycles. The first-order chi connectivity index (χ1) is 15.1. The summed E-state index contributed by atoms with van der Waals surface area (Å²) in [6, 6.07) is 21.6. The number of carbonyl (C=O) groups excluding carboxylic acids is 1. The number of hydrogen-bond acceptors (Lipinski definition) is 4. The van der Waals surface area contributed by atoms with E-state index in [0.717, 1.165) is 35.6 Å². The fraction of sp³-hybridized carbons (Fsp3) is 0.269. The van der Waals surface area contributed by atoms with Gasteiger partial charge in [-0.05, 0) is 72.6 Å². The van der Waals surface area contributed by atoms with E-state index in [4.69, 9.17) is 9.47 Å². The molecular weight excluding hydrogens is 393 g/mol. The fourth-order valence-corrected chi connectivity index (χ4v) is 4.35. The number of ether oxygens (including phenoxy) is 2. The zero-order chi connectivity index (χ0) is 21.8. The van der Waals surface area contributed by atoms with E-state index in [1.807, 2.05) is 48.5 Å². The normalized spacial score (nSPS) is 18.7. The molecule has 31 heavy (non-hydrogen) atoms. The Morgan fingerprint density at radius 3 is 2.06 bits per heavy atom. The molecule has 1 heterocycles. The number of nitrogens with zero attached hydrogens (tertiary/aromatic N) is 1. The number of halogens is 1. The van der Waals surface area contributed by atoms with Gasteiger partial charge in [0.1, 0.15) is 17.3 Å². The van der Waals surface area contributed by atoms with Crippen LogP contribution < -0.4 is 9.47 Å². The maximum absolute atomic E-state index is 13.6. The Hall–Kier alpha value is -3.18. The van der Waals surface area contributed by atoms with E-state index in [9.17, 15) is 9.18 Å². The first-order valence-corrected chi connectivity index (χ1v) is 10.4. The van der Waals surface area contributed by atoms with Gasteiger partial charge in [-0.25, -0.2) is 4.39 Å². The van der Waals surface area contributed by atoms with Crippen molar-refractivity contribution in [1.82, 2.24) is 4.90 Å². The largest absolute Gasteiger partial charge is 0.497 e. The highest BCUT2D eigenvalue weighted by Gasteiger charge is 2.39. The van der Waals surface area contributed by atoms with Gasteiger partial charge >= 0.3 is 0 Å². The molecule has 0 radical (unpaired) electrons. The lowest BCUT2D eigenvalue weighted by atomic mass is 9.87. The molecule has 1 saturated heterocycles. The monoisotopic (exact) mass is 419 g/mol. The SMILES string of the molecule is COc1ccc(CN2CC[C@@H](C(=O)c3ccc(OC)cc3)[C@H]2c2ccc(F)cc2)cc1. The highest BCUT2D eigenvalue weighted by molar-refractivity contribution is 5.98. The predicted octanol–water partition coefficient (Wildman–Crippen LogP) is 5.29. The second kappa shape index (κ2) is 9.31. The van der Waals surface area contributed by atoms with Crippen LogP contribution in [0.25, 0.3) is 0 Å². The summed E-state index contributed by atoms with van der Waals surface area (Å²) in [5, 5.41) is 0. The standard InChI is InChI=1S/C26H26FNO3/c1-30-22-11-3-18(4-12-22)17-28-16-15-24(25(28)19-5-9-21(27)10-6-19)26(29)20-7-13-23(31-2)14-8-20/h3-14,24-25H,15-17H2,1-2H3/t24-,25-/m1/s1. The molecule has 1 aliphatic rings. The molecule has 0 amide bonds. The van der Waals surface area contributed by atoms with E-state index in [1.54, 1.807) is 26.4 Å². The van der Waals surface area contributed by atoms with Gasteiger partial charge in [-0.3, -0.25) is 9.69 Å². The lowest BCUT2D eigenvalue weighted by molar-refractivity contribution is 0.0878. The van der Waals surface area contributed by atoms with Gasteiger partial charge in [-0.15, -0.1) is 0 Å². The third-order valence-corrected chi connectivity index (χ3v) is 5.97. The molecule has 0 bridgehead atoms.